The molecule has 2 aliphatic rings. The van der Waals surface area contributed by atoms with Crippen LogP contribution in [0.2, 0.25) is 0 Å². The molecule has 36 heavy (non-hydrogen) atoms. The number of nitrogens with zero attached hydrogens (tertiary/aromatic N) is 1. The molecule has 3 aromatic rings. The number of methoxy groups -OCH3 is 1. The third kappa shape index (κ3) is 4.93. The van der Waals surface area contributed by atoms with Gasteiger partial charge in [-0.3, -0.25) is 14.2 Å². The summed E-state index contributed by atoms with van der Waals surface area (Å²) in [5.41, 5.74) is 8.76. The first-order valence-electron chi connectivity index (χ1n) is 12.0. The van der Waals surface area contributed by atoms with E-state index in [0.717, 1.165) is 72.6 Å². The number of carbonyl (C=O) groups is 2. The number of anilines is 2. The minimum Gasteiger partial charge on any atom is -0.497 e. The summed E-state index contributed by atoms with van der Waals surface area (Å²) in [6, 6.07) is 7.30. The molecule has 0 saturated carbocycles. The van der Waals surface area contributed by atoms with E-state index in [1.807, 2.05) is 24.3 Å². The number of aromatic nitrogens is 1. The molecule has 11 heteroatoms. The van der Waals surface area contributed by atoms with E-state index >= 15 is 0 Å². The second kappa shape index (κ2) is 10.7. The van der Waals surface area contributed by atoms with Gasteiger partial charge in [0.15, 0.2) is 3.95 Å². The number of nitrogen functional groups attached to an aromatic ring is 1. The summed E-state index contributed by atoms with van der Waals surface area (Å²) in [6.07, 6.45) is 5.86. The Morgan fingerprint density at radius 1 is 1.17 bits per heavy atom. The lowest BCUT2D eigenvalue weighted by molar-refractivity contribution is 0.0858. The topological polar surface area (TPSA) is 108 Å². The third-order valence-corrected chi connectivity index (χ3v) is 9.12. The number of ether oxygens (including phenoxy) is 2. The van der Waals surface area contributed by atoms with Gasteiger partial charge < -0.3 is 25.8 Å². The number of amides is 2. The molecule has 4 N–H and O–H groups in total. The number of aryl methyl sites for hydroxylation is 1. The maximum absolute atomic E-state index is 13.4. The highest BCUT2D eigenvalue weighted by atomic mass is 32.1. The first-order chi connectivity index (χ1) is 17.5. The van der Waals surface area contributed by atoms with Crippen LogP contribution in [-0.4, -0.2) is 42.7 Å². The molecule has 0 radical (unpaired) electrons. The maximum atomic E-state index is 13.4. The fourth-order valence-electron chi connectivity index (χ4n) is 4.68. The van der Waals surface area contributed by atoms with Crippen molar-refractivity contribution in [2.75, 3.05) is 31.3 Å². The predicted molar refractivity (Wildman–Crippen MR) is 146 cm³/mol. The number of rotatable bonds is 7. The van der Waals surface area contributed by atoms with Crippen LogP contribution in [0, 0.1) is 3.95 Å². The van der Waals surface area contributed by atoms with Crippen LogP contribution in [0.25, 0.3) is 5.69 Å². The van der Waals surface area contributed by atoms with Crippen LogP contribution >= 0.6 is 34.9 Å². The molecule has 190 valence electrons. The Morgan fingerprint density at radius 2 is 1.94 bits per heavy atom. The number of nitrogens with two attached hydrogens (primary N) is 1. The van der Waals surface area contributed by atoms with Gasteiger partial charge in [0.1, 0.15) is 21.4 Å². The second-order valence-electron chi connectivity index (χ2n) is 8.83. The molecule has 1 unspecified atom stereocenters. The summed E-state index contributed by atoms with van der Waals surface area (Å²) >= 11 is 8.16. The van der Waals surface area contributed by atoms with Crippen molar-refractivity contribution >= 4 is 57.5 Å². The van der Waals surface area contributed by atoms with Gasteiger partial charge >= 0.3 is 0 Å². The van der Waals surface area contributed by atoms with Gasteiger partial charge in [-0.2, -0.15) is 0 Å². The molecule has 3 heterocycles. The molecule has 1 atom stereocenters. The fourth-order valence-corrected chi connectivity index (χ4v) is 7.22. The van der Waals surface area contributed by atoms with Crippen molar-refractivity contribution in [1.82, 2.24) is 9.88 Å². The number of nitrogens with one attached hydrogen (secondary N) is 2. The van der Waals surface area contributed by atoms with Crippen molar-refractivity contribution in [2.24, 2.45) is 0 Å². The highest BCUT2D eigenvalue weighted by Gasteiger charge is 2.28. The Kier molecular flexibility index (Phi) is 7.42. The van der Waals surface area contributed by atoms with Crippen molar-refractivity contribution in [3.63, 3.8) is 0 Å². The minimum absolute atomic E-state index is 0.0474. The molecule has 8 nitrogen and oxygen atoms in total. The molecule has 1 saturated heterocycles. The van der Waals surface area contributed by atoms with E-state index in [-0.39, 0.29) is 23.7 Å². The number of benzene rings is 1. The SMILES string of the molecule is COc1ccc(-n2c(N)c(C(=O)Nc3sc4c(c3C(=O)NCC3CCCO3)CCCC4)sc2=S)cc1. The van der Waals surface area contributed by atoms with Crippen molar-refractivity contribution in [3.05, 3.63) is 49.1 Å². The van der Waals surface area contributed by atoms with Gasteiger partial charge in [-0.05, 0) is 80.6 Å². The number of thiazole rings is 1. The zero-order chi connectivity index (χ0) is 25.2. The molecule has 1 aromatic carbocycles. The Bertz CT molecular complexity index is 1340. The van der Waals surface area contributed by atoms with E-state index in [1.54, 1.807) is 11.7 Å². The van der Waals surface area contributed by atoms with Gasteiger partial charge in [0.2, 0.25) is 0 Å². The third-order valence-electron chi connectivity index (χ3n) is 6.52. The number of hydrogen-bond donors (Lipinski definition) is 3. The lowest BCUT2D eigenvalue weighted by atomic mass is 9.95. The van der Waals surface area contributed by atoms with Crippen molar-refractivity contribution in [3.8, 4) is 11.4 Å². The first-order valence-corrected chi connectivity index (χ1v) is 14.0. The number of fused-ring (bicyclic) bond motifs is 1. The zero-order valence-electron chi connectivity index (χ0n) is 19.9. The highest BCUT2D eigenvalue weighted by Crippen LogP contribution is 2.39. The van der Waals surface area contributed by atoms with Crippen molar-refractivity contribution < 1.29 is 19.1 Å². The monoisotopic (exact) mass is 544 g/mol. The fraction of sp³-hybridized carbons (Fsp3) is 0.400. The standard InChI is InChI=1S/C25H28N4O4S3/c1-32-15-10-8-14(9-11-15)29-21(26)20(36-25(29)34)23(31)28-24-19(17-6-2-3-7-18(17)35-24)22(30)27-13-16-5-4-12-33-16/h8-11,16H,2-7,12-13,26H2,1H3,(H,27,30)(H,28,31). The normalized spacial score (nSPS) is 17.0. The van der Waals surface area contributed by atoms with Crippen molar-refractivity contribution in [2.45, 2.75) is 44.6 Å². The molecular formula is C25H28N4O4S3. The van der Waals surface area contributed by atoms with Gasteiger partial charge in [-0.1, -0.05) is 11.3 Å². The van der Waals surface area contributed by atoms with Gasteiger partial charge in [-0.25, -0.2) is 0 Å². The van der Waals surface area contributed by atoms with Crippen LogP contribution < -0.4 is 21.1 Å². The Hall–Kier alpha value is -2.73. The Morgan fingerprint density at radius 3 is 2.67 bits per heavy atom. The highest BCUT2D eigenvalue weighted by molar-refractivity contribution is 7.73. The number of carbonyl (C=O) groups excluding carboxylic acids is 2. The zero-order valence-corrected chi connectivity index (χ0v) is 22.4. The summed E-state index contributed by atoms with van der Waals surface area (Å²) in [7, 11) is 1.60. The van der Waals surface area contributed by atoms with Gasteiger partial charge in [0.05, 0.1) is 18.8 Å². The summed E-state index contributed by atoms with van der Waals surface area (Å²) in [5, 5.41) is 6.57. The van der Waals surface area contributed by atoms with Crippen molar-refractivity contribution in [1.29, 1.82) is 0 Å². The lowest BCUT2D eigenvalue weighted by Gasteiger charge is -2.15. The van der Waals surface area contributed by atoms with Crippen LogP contribution in [0.5, 0.6) is 5.75 Å². The number of hydrogen-bond acceptors (Lipinski definition) is 8. The Labute approximate surface area is 222 Å². The summed E-state index contributed by atoms with van der Waals surface area (Å²) in [4.78, 5) is 28.1. The maximum Gasteiger partial charge on any atom is 0.270 e. The molecule has 0 bridgehead atoms. The van der Waals surface area contributed by atoms with Crippen LogP contribution in [0.1, 0.15) is 56.2 Å². The summed E-state index contributed by atoms with van der Waals surface area (Å²) in [6.45, 7) is 1.20. The van der Waals surface area contributed by atoms with E-state index in [2.05, 4.69) is 10.6 Å². The van der Waals surface area contributed by atoms with Crippen LogP contribution in [0.15, 0.2) is 24.3 Å². The molecule has 2 aromatic heterocycles. The van der Waals surface area contributed by atoms with Crippen LogP contribution in [0.3, 0.4) is 0 Å². The summed E-state index contributed by atoms with van der Waals surface area (Å²) in [5.74, 6) is 0.432. The number of thiophene rings is 1. The molecular weight excluding hydrogens is 517 g/mol. The molecule has 2 amide bonds. The average Bonchev–Trinajstić information content (AvgIpc) is 3.60. The molecule has 1 fully saturated rings. The van der Waals surface area contributed by atoms with E-state index < -0.39 is 0 Å². The second-order valence-corrected chi connectivity index (χ2v) is 11.6. The van der Waals surface area contributed by atoms with Gasteiger partial charge in [0.25, 0.3) is 11.8 Å². The molecule has 1 aliphatic carbocycles. The lowest BCUT2D eigenvalue weighted by Crippen LogP contribution is -2.32. The van der Waals surface area contributed by atoms with Gasteiger partial charge in [-0.15, -0.1) is 11.3 Å². The Balaban J connectivity index is 1.41. The summed E-state index contributed by atoms with van der Waals surface area (Å²) < 4.78 is 13.0. The van der Waals surface area contributed by atoms with E-state index in [4.69, 9.17) is 27.4 Å². The predicted octanol–water partition coefficient (Wildman–Crippen LogP) is 4.96. The first kappa shape index (κ1) is 24.9. The molecule has 0 spiro atoms. The minimum atomic E-state index is -0.373. The van der Waals surface area contributed by atoms with E-state index in [9.17, 15) is 9.59 Å². The van der Waals surface area contributed by atoms with Crippen LogP contribution in [0.4, 0.5) is 10.8 Å². The van der Waals surface area contributed by atoms with Crippen LogP contribution in [-0.2, 0) is 17.6 Å². The molecule has 5 rings (SSSR count). The van der Waals surface area contributed by atoms with Gasteiger partial charge in [0, 0.05) is 23.7 Å². The van der Waals surface area contributed by atoms with E-state index in [1.165, 1.54) is 11.3 Å². The van der Waals surface area contributed by atoms with E-state index in [0.29, 0.717) is 31.7 Å². The largest absolute Gasteiger partial charge is 0.497 e. The molecule has 1 aliphatic heterocycles. The quantitative estimate of drug-likeness (QED) is 0.363. The average molecular weight is 545 g/mol. The smallest absolute Gasteiger partial charge is 0.270 e.